The Bertz CT molecular complexity index is 1610. The molecule has 40 heavy (non-hydrogen) atoms. The number of alkyl halides is 1. The Morgan fingerprint density at radius 3 is 2.75 bits per heavy atom. The third kappa shape index (κ3) is 6.37. The highest BCUT2D eigenvalue weighted by Gasteiger charge is 2.21. The van der Waals surface area contributed by atoms with E-state index in [1.165, 1.54) is 6.07 Å². The Kier molecular flexibility index (Phi) is 8.51. The van der Waals surface area contributed by atoms with Crippen molar-refractivity contribution in [2.24, 2.45) is 0 Å². The number of aryl methyl sites for hydroxylation is 1. The second-order valence-electron chi connectivity index (χ2n) is 9.88. The molecule has 0 unspecified atom stereocenters. The molecule has 210 valence electrons. The third-order valence-corrected chi connectivity index (χ3v) is 8.53. The lowest BCUT2D eigenvalue weighted by molar-refractivity contribution is 0.466. The first-order valence-corrected chi connectivity index (χ1v) is 15.1. The summed E-state index contributed by atoms with van der Waals surface area (Å²) in [5.41, 5.74) is 2.05. The molecule has 2 aromatic carbocycles. The normalized spacial score (nSPS) is 15.7. The molecule has 3 heterocycles. The molecule has 11 heteroatoms. The Morgan fingerprint density at radius 1 is 1.10 bits per heavy atom. The predicted molar refractivity (Wildman–Crippen MR) is 152 cm³/mol. The van der Waals surface area contributed by atoms with Gasteiger partial charge in [-0.2, -0.15) is 0 Å². The molecule has 0 saturated carbocycles. The molecule has 1 atom stereocenters. The summed E-state index contributed by atoms with van der Waals surface area (Å²) in [6.07, 6.45) is 5.27. The summed E-state index contributed by atoms with van der Waals surface area (Å²) >= 11 is 0. The Hall–Kier alpha value is -3.70. The predicted octanol–water partition coefficient (Wildman–Crippen LogP) is 5.37. The van der Waals surface area contributed by atoms with Gasteiger partial charge in [0.05, 0.1) is 29.4 Å². The second kappa shape index (κ2) is 12.2. The molecule has 1 fully saturated rings. The SMILES string of the molecule is Cc1ccc2c(CS(=O)(=O)CCCF)c(F)ccc2c1Oc1ncccc1-c1ccnc(N[C@H]2CCCNC2)n1. The number of aromatic nitrogens is 3. The first kappa shape index (κ1) is 27.9. The number of rotatable bonds is 10. The molecule has 0 radical (unpaired) electrons. The van der Waals surface area contributed by atoms with Crippen LogP contribution in [-0.2, 0) is 15.6 Å². The van der Waals surface area contributed by atoms with Crippen LogP contribution in [0.4, 0.5) is 14.7 Å². The zero-order valence-electron chi connectivity index (χ0n) is 22.2. The number of hydrogen-bond acceptors (Lipinski definition) is 8. The lowest BCUT2D eigenvalue weighted by Crippen LogP contribution is -2.38. The van der Waals surface area contributed by atoms with E-state index in [4.69, 9.17) is 9.72 Å². The van der Waals surface area contributed by atoms with Gasteiger partial charge in [-0.15, -0.1) is 0 Å². The molecule has 5 rings (SSSR count). The molecule has 4 aromatic rings. The lowest BCUT2D eigenvalue weighted by atomic mass is 10.0. The van der Waals surface area contributed by atoms with Gasteiger partial charge in [-0.3, -0.25) is 4.39 Å². The number of anilines is 1. The number of nitrogens with zero attached hydrogens (tertiary/aromatic N) is 3. The molecule has 1 saturated heterocycles. The van der Waals surface area contributed by atoms with Crippen molar-refractivity contribution in [3.8, 4) is 22.9 Å². The monoisotopic (exact) mass is 567 g/mol. The summed E-state index contributed by atoms with van der Waals surface area (Å²) in [5.74, 6) is -0.279. The summed E-state index contributed by atoms with van der Waals surface area (Å²) in [7, 11) is -3.71. The van der Waals surface area contributed by atoms with Crippen molar-refractivity contribution in [3.63, 3.8) is 0 Å². The van der Waals surface area contributed by atoms with Crippen LogP contribution in [0.5, 0.6) is 11.6 Å². The van der Waals surface area contributed by atoms with Crippen LogP contribution in [0.1, 0.15) is 30.4 Å². The Labute approximate surface area is 232 Å². The Morgan fingerprint density at radius 2 is 1.95 bits per heavy atom. The third-order valence-electron chi connectivity index (χ3n) is 6.89. The fraction of sp³-hybridized carbons (Fsp3) is 0.345. The van der Waals surface area contributed by atoms with E-state index in [1.807, 2.05) is 13.0 Å². The van der Waals surface area contributed by atoms with E-state index in [2.05, 4.69) is 20.6 Å². The minimum Gasteiger partial charge on any atom is -0.437 e. The van der Waals surface area contributed by atoms with Crippen molar-refractivity contribution in [1.29, 1.82) is 0 Å². The smallest absolute Gasteiger partial charge is 0.228 e. The first-order chi connectivity index (χ1) is 19.3. The number of fused-ring (bicyclic) bond motifs is 1. The quantitative estimate of drug-likeness (QED) is 0.264. The van der Waals surface area contributed by atoms with Crippen LogP contribution >= 0.6 is 0 Å². The largest absolute Gasteiger partial charge is 0.437 e. The van der Waals surface area contributed by atoms with Crippen LogP contribution in [0.3, 0.4) is 0 Å². The molecule has 0 aliphatic carbocycles. The number of pyridine rings is 1. The average molecular weight is 568 g/mol. The number of ether oxygens (including phenoxy) is 1. The van der Waals surface area contributed by atoms with Gasteiger partial charge in [-0.25, -0.2) is 27.8 Å². The van der Waals surface area contributed by atoms with E-state index in [0.717, 1.165) is 31.5 Å². The van der Waals surface area contributed by atoms with E-state index in [-0.39, 0.29) is 23.8 Å². The molecule has 2 N–H and O–H groups in total. The van der Waals surface area contributed by atoms with Gasteiger partial charge in [-0.05, 0) is 74.0 Å². The highest BCUT2D eigenvalue weighted by Crippen LogP contribution is 2.38. The molecule has 8 nitrogen and oxygen atoms in total. The molecule has 1 aliphatic heterocycles. The van der Waals surface area contributed by atoms with Gasteiger partial charge in [0.2, 0.25) is 11.8 Å². The van der Waals surface area contributed by atoms with Crippen LogP contribution in [0.15, 0.2) is 54.9 Å². The fourth-order valence-corrected chi connectivity index (χ4v) is 6.30. The highest BCUT2D eigenvalue weighted by atomic mass is 32.2. The topological polar surface area (TPSA) is 106 Å². The molecular formula is C29H31F2N5O3S. The number of benzene rings is 2. The van der Waals surface area contributed by atoms with Crippen molar-refractivity contribution < 1.29 is 21.9 Å². The van der Waals surface area contributed by atoms with Gasteiger partial charge in [0, 0.05) is 35.9 Å². The number of nitrogens with one attached hydrogen (secondary N) is 2. The van der Waals surface area contributed by atoms with Crippen molar-refractivity contribution in [3.05, 3.63) is 71.8 Å². The lowest BCUT2D eigenvalue weighted by Gasteiger charge is -2.23. The van der Waals surface area contributed by atoms with Crippen LogP contribution in [0.2, 0.25) is 0 Å². The van der Waals surface area contributed by atoms with Gasteiger partial charge in [-0.1, -0.05) is 12.1 Å². The second-order valence-corrected chi connectivity index (χ2v) is 12.1. The maximum atomic E-state index is 14.9. The molecule has 0 amide bonds. The molecular weight excluding hydrogens is 536 g/mol. The maximum Gasteiger partial charge on any atom is 0.228 e. The summed E-state index contributed by atoms with van der Waals surface area (Å²) in [5, 5.41) is 7.71. The zero-order chi connectivity index (χ0) is 28.1. The van der Waals surface area contributed by atoms with E-state index in [1.54, 1.807) is 42.7 Å². The van der Waals surface area contributed by atoms with Gasteiger partial charge in [0.25, 0.3) is 0 Å². The van der Waals surface area contributed by atoms with E-state index < -0.39 is 28.1 Å². The van der Waals surface area contributed by atoms with Crippen molar-refractivity contribution >= 4 is 26.6 Å². The number of piperidine rings is 1. The van der Waals surface area contributed by atoms with Crippen LogP contribution < -0.4 is 15.4 Å². The molecule has 2 aromatic heterocycles. The molecule has 0 bridgehead atoms. The van der Waals surface area contributed by atoms with Crippen LogP contribution in [-0.4, -0.2) is 54.9 Å². The number of sulfone groups is 1. The summed E-state index contributed by atoms with van der Waals surface area (Å²) in [6, 6.07) is 11.9. The van der Waals surface area contributed by atoms with Crippen molar-refractivity contribution in [2.45, 2.75) is 38.0 Å². The summed E-state index contributed by atoms with van der Waals surface area (Å²) < 4.78 is 59.0. The zero-order valence-corrected chi connectivity index (χ0v) is 23.0. The van der Waals surface area contributed by atoms with Crippen molar-refractivity contribution in [2.75, 3.05) is 30.8 Å². The van der Waals surface area contributed by atoms with Crippen LogP contribution in [0, 0.1) is 12.7 Å². The standard InChI is InChI=1S/C29H31F2N5O3S/c1-19-7-8-21-22(9-10-25(31)24(21)18-40(37,38)16-4-12-30)27(19)39-28-23(6-3-14-33-28)26-11-15-34-29(36-26)35-20-5-2-13-32-17-20/h3,6-11,14-15,20,32H,2,4-5,12-13,16-18H2,1H3,(H,34,35,36)/t20-/m0/s1. The van der Waals surface area contributed by atoms with Gasteiger partial charge in [0.15, 0.2) is 9.84 Å². The minimum atomic E-state index is -3.71. The van der Waals surface area contributed by atoms with Crippen LogP contribution in [0.25, 0.3) is 22.0 Å². The summed E-state index contributed by atoms with van der Waals surface area (Å²) in [6.45, 7) is 2.95. The van der Waals surface area contributed by atoms with Gasteiger partial charge < -0.3 is 15.4 Å². The fourth-order valence-electron chi connectivity index (χ4n) is 4.87. The average Bonchev–Trinajstić information content (AvgIpc) is 2.96. The highest BCUT2D eigenvalue weighted by molar-refractivity contribution is 7.90. The molecule has 0 spiro atoms. The summed E-state index contributed by atoms with van der Waals surface area (Å²) in [4.78, 5) is 13.5. The van der Waals surface area contributed by atoms with E-state index in [9.17, 15) is 17.2 Å². The Balaban J connectivity index is 1.49. The first-order valence-electron chi connectivity index (χ1n) is 13.3. The van der Waals surface area contributed by atoms with Gasteiger partial charge in [0.1, 0.15) is 11.6 Å². The minimum absolute atomic E-state index is 0.0335. The van der Waals surface area contributed by atoms with E-state index in [0.29, 0.717) is 39.6 Å². The number of halogens is 2. The van der Waals surface area contributed by atoms with Gasteiger partial charge >= 0.3 is 0 Å². The van der Waals surface area contributed by atoms with E-state index >= 15 is 0 Å². The maximum absolute atomic E-state index is 14.9. The molecule has 1 aliphatic rings. The number of hydrogen-bond donors (Lipinski definition) is 2. The van der Waals surface area contributed by atoms with Crippen molar-refractivity contribution in [1.82, 2.24) is 20.3 Å².